The lowest BCUT2D eigenvalue weighted by Crippen LogP contribution is -2.42. The molecule has 0 spiro atoms. The van der Waals surface area contributed by atoms with Gasteiger partial charge in [-0.3, -0.25) is 18.9 Å². The van der Waals surface area contributed by atoms with Crippen molar-refractivity contribution >= 4 is 7.82 Å². The minimum Gasteiger partial charge on any atom is -0.502 e. The molecule has 2 heterocycles. The first-order chi connectivity index (χ1) is 10.0. The molecule has 1 saturated heterocycles. The van der Waals surface area contributed by atoms with E-state index in [-0.39, 0.29) is 6.42 Å². The van der Waals surface area contributed by atoms with Gasteiger partial charge in [0.15, 0.2) is 5.75 Å². The summed E-state index contributed by atoms with van der Waals surface area (Å²) in [4.78, 5) is 42.1. The Kier molecular flexibility index (Phi) is 4.30. The van der Waals surface area contributed by atoms with E-state index < -0.39 is 49.4 Å². The molecule has 0 saturated carbocycles. The molecule has 0 bridgehead atoms. The summed E-state index contributed by atoms with van der Waals surface area (Å²) in [5.74, 6) is -0.714. The van der Waals surface area contributed by atoms with E-state index in [9.17, 15) is 24.4 Å². The Balaban J connectivity index is 2.26. The molecule has 0 aliphatic carbocycles. The van der Waals surface area contributed by atoms with Crippen molar-refractivity contribution in [3.05, 3.63) is 27.0 Å². The SMILES string of the molecule is C[C@]1(n2cc(O)c(=O)[nH]c2=O)C[C@H](O)[C@@H](COP(=O)(O)O)O1. The van der Waals surface area contributed by atoms with Crippen LogP contribution in [0.25, 0.3) is 0 Å². The van der Waals surface area contributed by atoms with Crippen LogP contribution in [0.3, 0.4) is 0 Å². The van der Waals surface area contributed by atoms with E-state index in [4.69, 9.17) is 14.5 Å². The number of aromatic nitrogens is 2. The summed E-state index contributed by atoms with van der Waals surface area (Å²) in [5.41, 5.74) is -3.26. The van der Waals surface area contributed by atoms with Gasteiger partial charge in [-0.2, -0.15) is 0 Å². The maximum atomic E-state index is 11.8. The van der Waals surface area contributed by atoms with Crippen LogP contribution in [0.5, 0.6) is 5.75 Å². The minimum absolute atomic E-state index is 0.117. The smallest absolute Gasteiger partial charge is 0.469 e. The molecule has 124 valence electrons. The second kappa shape index (κ2) is 5.61. The number of aromatic amines is 1. The van der Waals surface area contributed by atoms with Crippen LogP contribution in [-0.2, 0) is 19.6 Å². The van der Waals surface area contributed by atoms with Gasteiger partial charge in [0.25, 0.3) is 5.56 Å². The second-order valence-electron chi connectivity index (χ2n) is 5.03. The number of ether oxygens (including phenoxy) is 1. The molecule has 2 rings (SSSR count). The van der Waals surface area contributed by atoms with Crippen molar-refractivity contribution in [1.82, 2.24) is 9.55 Å². The summed E-state index contributed by atoms with van der Waals surface area (Å²) in [6, 6.07) is 0. The average Bonchev–Trinajstić information content (AvgIpc) is 2.66. The highest BCUT2D eigenvalue weighted by Crippen LogP contribution is 2.39. The van der Waals surface area contributed by atoms with Gasteiger partial charge in [-0.1, -0.05) is 0 Å². The zero-order valence-corrected chi connectivity index (χ0v) is 12.3. The third kappa shape index (κ3) is 3.46. The third-order valence-corrected chi connectivity index (χ3v) is 3.75. The Labute approximate surface area is 123 Å². The summed E-state index contributed by atoms with van der Waals surface area (Å²) in [7, 11) is -4.73. The molecule has 0 unspecified atom stereocenters. The first-order valence-electron chi connectivity index (χ1n) is 6.13. The molecule has 1 aliphatic heterocycles. The minimum atomic E-state index is -4.73. The van der Waals surface area contributed by atoms with E-state index in [0.717, 1.165) is 10.8 Å². The number of aliphatic hydroxyl groups excluding tert-OH is 1. The number of phosphoric ester groups is 1. The summed E-state index contributed by atoms with van der Waals surface area (Å²) >= 11 is 0. The predicted octanol–water partition coefficient (Wildman–Crippen LogP) is -1.83. The standard InChI is InChI=1S/C10H15N2O9P/c1-10(12-3-6(14)8(15)11-9(12)16)2-5(13)7(21-10)4-20-22(17,18)19/h3,5,7,13-14H,2,4H2,1H3,(H,11,15,16)(H2,17,18,19)/t5-,7+,10+/m0/s1. The monoisotopic (exact) mass is 338 g/mol. The molecule has 0 aromatic carbocycles. The van der Waals surface area contributed by atoms with Crippen LogP contribution < -0.4 is 11.2 Å². The largest absolute Gasteiger partial charge is 0.502 e. The molecule has 1 aromatic heterocycles. The van der Waals surface area contributed by atoms with Crippen molar-refractivity contribution in [3.8, 4) is 5.75 Å². The van der Waals surface area contributed by atoms with Crippen molar-refractivity contribution in [2.45, 2.75) is 31.3 Å². The topological polar surface area (TPSA) is 171 Å². The number of aromatic hydroxyl groups is 1. The van der Waals surface area contributed by atoms with Crippen LogP contribution in [0.4, 0.5) is 0 Å². The Bertz CT molecular complexity index is 722. The maximum absolute atomic E-state index is 11.8. The van der Waals surface area contributed by atoms with Gasteiger partial charge < -0.3 is 24.7 Å². The first-order valence-corrected chi connectivity index (χ1v) is 7.66. The summed E-state index contributed by atoms with van der Waals surface area (Å²) < 4.78 is 21.3. The van der Waals surface area contributed by atoms with E-state index in [1.807, 2.05) is 4.98 Å². The molecule has 1 aromatic rings. The van der Waals surface area contributed by atoms with E-state index in [1.54, 1.807) is 0 Å². The Hall–Kier alpha value is -1.49. The van der Waals surface area contributed by atoms with Crippen molar-refractivity contribution in [2.75, 3.05) is 6.61 Å². The number of hydrogen-bond acceptors (Lipinski definition) is 7. The van der Waals surface area contributed by atoms with Crippen molar-refractivity contribution in [3.63, 3.8) is 0 Å². The number of aliphatic hydroxyl groups is 1. The second-order valence-corrected chi connectivity index (χ2v) is 6.27. The fourth-order valence-electron chi connectivity index (χ4n) is 2.26. The molecule has 5 N–H and O–H groups in total. The Morgan fingerprint density at radius 3 is 2.77 bits per heavy atom. The van der Waals surface area contributed by atoms with Crippen LogP contribution in [0.15, 0.2) is 15.8 Å². The molecule has 0 radical (unpaired) electrons. The number of H-pyrrole nitrogens is 1. The van der Waals surface area contributed by atoms with E-state index in [2.05, 4.69) is 4.52 Å². The molecule has 3 atom stereocenters. The number of nitrogens with zero attached hydrogens (tertiary/aromatic N) is 1. The number of rotatable bonds is 4. The van der Waals surface area contributed by atoms with Crippen LogP contribution in [0.2, 0.25) is 0 Å². The van der Waals surface area contributed by atoms with Gasteiger partial charge in [0, 0.05) is 6.42 Å². The highest BCUT2D eigenvalue weighted by Gasteiger charge is 2.45. The summed E-state index contributed by atoms with van der Waals surface area (Å²) in [6.45, 7) is 0.817. The number of nitrogens with one attached hydrogen (secondary N) is 1. The zero-order valence-electron chi connectivity index (χ0n) is 11.4. The molecule has 12 heteroatoms. The lowest BCUT2D eigenvalue weighted by molar-refractivity contribution is -0.107. The quantitative estimate of drug-likeness (QED) is 0.396. The van der Waals surface area contributed by atoms with Crippen LogP contribution in [0, 0.1) is 0 Å². The Morgan fingerprint density at radius 1 is 1.55 bits per heavy atom. The van der Waals surface area contributed by atoms with Gasteiger partial charge in [0.05, 0.1) is 18.9 Å². The fourth-order valence-corrected chi connectivity index (χ4v) is 2.60. The van der Waals surface area contributed by atoms with E-state index >= 15 is 0 Å². The fraction of sp³-hybridized carbons (Fsp3) is 0.600. The lowest BCUT2D eigenvalue weighted by atomic mass is 10.1. The zero-order chi connectivity index (χ0) is 16.7. The molecule has 1 aliphatic rings. The van der Waals surface area contributed by atoms with Gasteiger partial charge in [-0.15, -0.1) is 0 Å². The normalized spacial score (nSPS) is 28.9. The predicted molar refractivity (Wildman–Crippen MR) is 70.1 cm³/mol. The maximum Gasteiger partial charge on any atom is 0.469 e. The molecular formula is C10H15N2O9P. The average molecular weight is 338 g/mol. The van der Waals surface area contributed by atoms with Crippen molar-refractivity contribution < 1.29 is 33.8 Å². The summed E-state index contributed by atoms with van der Waals surface area (Å²) in [6.07, 6.45) is -1.52. The van der Waals surface area contributed by atoms with Crippen molar-refractivity contribution in [2.24, 2.45) is 0 Å². The number of hydrogen-bond donors (Lipinski definition) is 5. The third-order valence-electron chi connectivity index (χ3n) is 3.26. The molecule has 11 nitrogen and oxygen atoms in total. The van der Waals surface area contributed by atoms with Crippen LogP contribution in [-0.4, -0.2) is 48.4 Å². The first kappa shape index (κ1) is 16.9. The molecule has 1 fully saturated rings. The van der Waals surface area contributed by atoms with Gasteiger partial charge in [-0.05, 0) is 6.92 Å². The van der Waals surface area contributed by atoms with Gasteiger partial charge in [-0.25, -0.2) is 9.36 Å². The highest BCUT2D eigenvalue weighted by molar-refractivity contribution is 7.46. The van der Waals surface area contributed by atoms with Gasteiger partial charge in [0.2, 0.25) is 0 Å². The van der Waals surface area contributed by atoms with Crippen LogP contribution in [0.1, 0.15) is 13.3 Å². The molecule has 0 amide bonds. The van der Waals surface area contributed by atoms with Gasteiger partial charge >= 0.3 is 13.5 Å². The highest BCUT2D eigenvalue weighted by atomic mass is 31.2. The van der Waals surface area contributed by atoms with Crippen LogP contribution >= 0.6 is 7.82 Å². The molecule has 22 heavy (non-hydrogen) atoms. The lowest BCUT2D eigenvalue weighted by Gasteiger charge is -2.26. The Morgan fingerprint density at radius 2 is 2.18 bits per heavy atom. The van der Waals surface area contributed by atoms with E-state index in [0.29, 0.717) is 0 Å². The number of phosphoric acid groups is 1. The van der Waals surface area contributed by atoms with Crippen molar-refractivity contribution in [1.29, 1.82) is 0 Å². The van der Waals surface area contributed by atoms with E-state index in [1.165, 1.54) is 6.92 Å². The van der Waals surface area contributed by atoms with Gasteiger partial charge in [0.1, 0.15) is 11.8 Å². The molecular weight excluding hydrogens is 323 g/mol. The summed E-state index contributed by atoms with van der Waals surface area (Å²) in [5, 5.41) is 19.3.